The summed E-state index contributed by atoms with van der Waals surface area (Å²) in [5, 5.41) is 1.52. The van der Waals surface area contributed by atoms with Crippen LogP contribution in [-0.2, 0) is 32.1 Å². The fourth-order valence-corrected chi connectivity index (χ4v) is 5.48. The summed E-state index contributed by atoms with van der Waals surface area (Å²) in [7, 11) is 0. The van der Waals surface area contributed by atoms with E-state index in [4.69, 9.17) is 14.2 Å². The standard InChI is InChI=1S/C26H38N4O7S/c1-8-35-13-11-20(31)29(27-24(33)37-26(5,6)7)15-19-17(4)21-22(32)30(16(2)3)25(34)28(23(21)38-19)14-18-10-9-12-36-18/h11,13,16,18H,8-10,12,14-15H2,1-7H3,(H,27,33). The lowest BCUT2D eigenvalue weighted by Crippen LogP contribution is -2.47. The zero-order chi connectivity index (χ0) is 28.2. The number of ether oxygens (including phenoxy) is 3. The van der Waals surface area contributed by atoms with Crippen LogP contribution in [0.25, 0.3) is 10.2 Å². The molecule has 1 atom stereocenters. The van der Waals surface area contributed by atoms with Crippen molar-refractivity contribution >= 4 is 33.6 Å². The van der Waals surface area contributed by atoms with Gasteiger partial charge in [-0.3, -0.25) is 18.7 Å². The second-order valence-electron chi connectivity index (χ2n) is 10.4. The van der Waals surface area contributed by atoms with Crippen molar-refractivity contribution in [2.24, 2.45) is 0 Å². The van der Waals surface area contributed by atoms with Crippen molar-refractivity contribution in [3.63, 3.8) is 0 Å². The average Bonchev–Trinajstić information content (AvgIpc) is 3.43. The van der Waals surface area contributed by atoms with E-state index in [0.29, 0.717) is 40.4 Å². The van der Waals surface area contributed by atoms with E-state index in [1.165, 1.54) is 28.2 Å². The molecule has 2 aromatic heterocycles. The highest BCUT2D eigenvalue weighted by Crippen LogP contribution is 2.30. The molecule has 1 aliphatic heterocycles. The zero-order valence-corrected chi connectivity index (χ0v) is 24.0. The predicted molar refractivity (Wildman–Crippen MR) is 145 cm³/mol. The number of hydrogen-bond donors (Lipinski definition) is 1. The van der Waals surface area contributed by atoms with Crippen LogP contribution in [0.3, 0.4) is 0 Å². The molecule has 11 nitrogen and oxygen atoms in total. The van der Waals surface area contributed by atoms with Gasteiger partial charge in [0.25, 0.3) is 11.5 Å². The third kappa shape index (κ3) is 6.84. The Morgan fingerprint density at radius 2 is 2.00 bits per heavy atom. The van der Waals surface area contributed by atoms with E-state index in [9.17, 15) is 19.2 Å². The molecule has 0 aliphatic carbocycles. The van der Waals surface area contributed by atoms with E-state index in [1.54, 1.807) is 53.0 Å². The lowest BCUT2D eigenvalue weighted by Gasteiger charge is -2.25. The van der Waals surface area contributed by atoms with Gasteiger partial charge >= 0.3 is 11.8 Å². The summed E-state index contributed by atoms with van der Waals surface area (Å²) >= 11 is 1.25. The van der Waals surface area contributed by atoms with E-state index < -0.39 is 17.6 Å². The van der Waals surface area contributed by atoms with Gasteiger partial charge in [-0.25, -0.2) is 20.0 Å². The van der Waals surface area contributed by atoms with Crippen LogP contribution in [0.5, 0.6) is 0 Å². The van der Waals surface area contributed by atoms with E-state index in [-0.39, 0.29) is 29.9 Å². The van der Waals surface area contributed by atoms with Crippen molar-refractivity contribution in [3.05, 3.63) is 43.6 Å². The highest BCUT2D eigenvalue weighted by atomic mass is 32.1. The molecule has 1 N–H and O–H groups in total. The second-order valence-corrected chi connectivity index (χ2v) is 11.5. The number of thiophene rings is 1. The SMILES string of the molecule is CCOC=CC(=O)N(Cc1sc2c(c1C)c(=O)n(C(C)C)c(=O)n2CC1CCCO1)NC(=O)OC(C)(C)C. The molecule has 3 rings (SSSR count). The van der Waals surface area contributed by atoms with Gasteiger partial charge in [-0.2, -0.15) is 0 Å². The number of rotatable bonds is 8. The molecule has 0 radical (unpaired) electrons. The molecule has 3 heterocycles. The van der Waals surface area contributed by atoms with Crippen LogP contribution in [-0.4, -0.2) is 51.1 Å². The average molecular weight is 551 g/mol. The van der Waals surface area contributed by atoms with Crippen LogP contribution in [0.2, 0.25) is 0 Å². The fraction of sp³-hybridized carbons (Fsp3) is 0.615. The number of hydrazine groups is 1. The Morgan fingerprint density at radius 1 is 1.29 bits per heavy atom. The van der Waals surface area contributed by atoms with Crippen LogP contribution >= 0.6 is 11.3 Å². The number of fused-ring (bicyclic) bond motifs is 1. The van der Waals surface area contributed by atoms with Gasteiger partial charge in [0, 0.05) is 23.6 Å². The smallest absolute Gasteiger partial charge is 0.426 e. The Morgan fingerprint density at radius 3 is 2.58 bits per heavy atom. The van der Waals surface area contributed by atoms with Crippen LogP contribution in [0.15, 0.2) is 21.9 Å². The van der Waals surface area contributed by atoms with Gasteiger partial charge in [0.2, 0.25) is 0 Å². The molecular weight excluding hydrogens is 512 g/mol. The molecule has 0 bridgehead atoms. The summed E-state index contributed by atoms with van der Waals surface area (Å²) in [5.74, 6) is -0.544. The quantitative estimate of drug-likeness (QED) is 0.303. The lowest BCUT2D eigenvalue weighted by molar-refractivity contribution is -0.129. The van der Waals surface area contributed by atoms with E-state index >= 15 is 0 Å². The van der Waals surface area contributed by atoms with Gasteiger partial charge in [-0.15, -0.1) is 11.3 Å². The van der Waals surface area contributed by atoms with Crippen LogP contribution in [0, 0.1) is 6.92 Å². The first-order chi connectivity index (χ1) is 17.8. The number of nitrogens with zero attached hydrogens (tertiary/aromatic N) is 3. The molecule has 0 saturated carbocycles. The third-order valence-corrected chi connectivity index (χ3v) is 7.23. The maximum Gasteiger partial charge on any atom is 0.426 e. The van der Waals surface area contributed by atoms with Gasteiger partial charge in [-0.1, -0.05) is 0 Å². The molecule has 1 saturated heterocycles. The van der Waals surface area contributed by atoms with E-state index in [1.807, 2.05) is 0 Å². The number of aryl methyl sites for hydroxylation is 1. The summed E-state index contributed by atoms with van der Waals surface area (Å²) in [5.41, 5.74) is 1.61. The van der Waals surface area contributed by atoms with Crippen molar-refractivity contribution in [1.82, 2.24) is 19.6 Å². The number of hydrogen-bond acceptors (Lipinski definition) is 8. The molecule has 38 heavy (non-hydrogen) atoms. The number of nitrogens with one attached hydrogen (secondary N) is 1. The van der Waals surface area contributed by atoms with E-state index in [0.717, 1.165) is 17.9 Å². The fourth-order valence-electron chi connectivity index (χ4n) is 4.19. The Hall–Kier alpha value is -3.12. The lowest BCUT2D eigenvalue weighted by atomic mass is 10.2. The summed E-state index contributed by atoms with van der Waals surface area (Å²) < 4.78 is 19.1. The molecule has 0 spiro atoms. The largest absolute Gasteiger partial charge is 0.501 e. The second kappa shape index (κ2) is 12.2. The van der Waals surface area contributed by atoms with Gasteiger partial charge in [0.1, 0.15) is 10.4 Å². The Kier molecular flexibility index (Phi) is 9.42. The molecule has 2 amide bonds. The first kappa shape index (κ1) is 29.4. The minimum atomic E-state index is -0.799. The van der Waals surface area contributed by atoms with Gasteiger partial charge < -0.3 is 14.2 Å². The van der Waals surface area contributed by atoms with E-state index in [2.05, 4.69) is 5.43 Å². The molecule has 1 aliphatic rings. The molecule has 12 heteroatoms. The maximum absolute atomic E-state index is 13.5. The highest BCUT2D eigenvalue weighted by Gasteiger charge is 2.27. The Balaban J connectivity index is 2.08. The number of carbonyl (C=O) groups excluding carboxylic acids is 2. The number of amides is 2. The van der Waals surface area contributed by atoms with Crippen LogP contribution in [0.4, 0.5) is 4.79 Å². The minimum Gasteiger partial charge on any atom is -0.501 e. The minimum absolute atomic E-state index is 0.0467. The van der Waals surface area contributed by atoms with Crippen molar-refractivity contribution < 1.29 is 23.8 Å². The highest BCUT2D eigenvalue weighted by molar-refractivity contribution is 7.18. The Bertz CT molecular complexity index is 1310. The molecule has 210 valence electrons. The van der Waals surface area contributed by atoms with Gasteiger partial charge in [0.05, 0.1) is 37.4 Å². The van der Waals surface area contributed by atoms with Crippen LogP contribution < -0.4 is 16.7 Å². The van der Waals surface area contributed by atoms with Crippen LogP contribution in [0.1, 0.15) is 70.9 Å². The molecule has 2 aromatic rings. The first-order valence-electron chi connectivity index (χ1n) is 12.8. The third-order valence-electron chi connectivity index (χ3n) is 5.93. The summed E-state index contributed by atoms with van der Waals surface area (Å²) in [6.45, 7) is 13.6. The summed E-state index contributed by atoms with van der Waals surface area (Å²) in [6.07, 6.45) is 3.29. The molecular formula is C26H38N4O7S. The van der Waals surface area contributed by atoms with Gasteiger partial charge in [0.15, 0.2) is 0 Å². The maximum atomic E-state index is 13.5. The van der Waals surface area contributed by atoms with Crippen molar-refractivity contribution in [1.29, 1.82) is 0 Å². The summed E-state index contributed by atoms with van der Waals surface area (Å²) in [4.78, 5) is 53.6. The van der Waals surface area contributed by atoms with Crippen molar-refractivity contribution in [2.45, 2.75) is 92.1 Å². The number of aromatic nitrogens is 2. The van der Waals surface area contributed by atoms with Gasteiger partial charge in [-0.05, 0) is 66.9 Å². The topological polar surface area (TPSA) is 121 Å². The Labute approximate surface area is 225 Å². The van der Waals surface area contributed by atoms with Crippen molar-refractivity contribution in [2.75, 3.05) is 13.2 Å². The number of carbonyl (C=O) groups is 2. The van der Waals surface area contributed by atoms with Crippen molar-refractivity contribution in [3.8, 4) is 0 Å². The molecule has 1 fully saturated rings. The molecule has 1 unspecified atom stereocenters. The summed E-state index contributed by atoms with van der Waals surface area (Å²) in [6, 6.07) is -0.339. The zero-order valence-electron chi connectivity index (χ0n) is 23.2. The monoisotopic (exact) mass is 550 g/mol. The first-order valence-corrected chi connectivity index (χ1v) is 13.6. The molecule has 0 aromatic carbocycles. The normalized spacial score (nSPS) is 15.9. The predicted octanol–water partition coefficient (Wildman–Crippen LogP) is 3.61.